The average molecular weight is 264 g/mol. The summed E-state index contributed by atoms with van der Waals surface area (Å²) in [5.74, 6) is -1.46. The summed E-state index contributed by atoms with van der Waals surface area (Å²) in [4.78, 5) is 20.8. The summed E-state index contributed by atoms with van der Waals surface area (Å²) in [7, 11) is 4.07. The largest absolute Gasteiger partial charge is 0.478 e. The van der Waals surface area contributed by atoms with Gasteiger partial charge >= 0.3 is 5.97 Å². The molecule has 0 spiro atoms. The first-order chi connectivity index (χ1) is 8.84. The predicted molar refractivity (Wildman–Crippen MR) is 78.0 cm³/mol. The Bertz CT molecular complexity index is 382. The number of anilines is 1. The number of primary amides is 1. The summed E-state index contributed by atoms with van der Waals surface area (Å²) in [5.41, 5.74) is 5.78. The number of rotatable bonds is 3. The number of benzene rings is 1. The zero-order valence-electron chi connectivity index (χ0n) is 11.2. The van der Waals surface area contributed by atoms with E-state index in [9.17, 15) is 9.59 Å². The Hall–Kier alpha value is -2.56. The third kappa shape index (κ3) is 15.4. The minimum Gasteiger partial charge on any atom is -0.478 e. The first kappa shape index (κ1) is 18.8. The summed E-state index contributed by atoms with van der Waals surface area (Å²) < 4.78 is 0. The van der Waals surface area contributed by atoms with E-state index < -0.39 is 11.9 Å². The monoisotopic (exact) mass is 264 g/mol. The molecule has 1 amide bonds. The Labute approximate surface area is 113 Å². The zero-order chi connectivity index (χ0) is 15.3. The minimum absolute atomic E-state index is 0.481. The second-order valence-electron chi connectivity index (χ2n) is 3.38. The topological polar surface area (TPSA) is 83.6 Å². The Morgan fingerprint density at radius 3 is 1.68 bits per heavy atom. The molecule has 0 fully saturated rings. The van der Waals surface area contributed by atoms with Gasteiger partial charge in [0.1, 0.15) is 0 Å². The van der Waals surface area contributed by atoms with E-state index in [1.807, 2.05) is 32.3 Å². The van der Waals surface area contributed by atoms with Crippen LogP contribution in [0.25, 0.3) is 0 Å². The average Bonchev–Trinajstić information content (AvgIpc) is 2.41. The van der Waals surface area contributed by atoms with Crippen molar-refractivity contribution in [1.29, 1.82) is 0 Å². The van der Waals surface area contributed by atoms with E-state index in [1.54, 1.807) is 0 Å². The standard InChI is InChI=1S/C8H11N.C3H5NO.C3H4O2/c1-9(2)8-6-4-3-5-7-8;2*1-2-3(4)5/h3-7H,1-2H3;2H,1H2,(H2,4,5);2H,1H2,(H,4,5). The molecule has 0 aliphatic heterocycles. The number of carbonyl (C=O) groups excluding carboxylic acids is 1. The number of amides is 1. The molecular weight excluding hydrogens is 244 g/mol. The van der Waals surface area contributed by atoms with Crippen LogP contribution >= 0.6 is 0 Å². The van der Waals surface area contributed by atoms with E-state index >= 15 is 0 Å². The molecule has 1 aromatic carbocycles. The molecule has 5 nitrogen and oxygen atoms in total. The van der Waals surface area contributed by atoms with Crippen molar-refractivity contribution in [3.63, 3.8) is 0 Å². The maximum atomic E-state index is 9.47. The van der Waals surface area contributed by atoms with E-state index in [0.29, 0.717) is 0 Å². The van der Waals surface area contributed by atoms with Crippen LogP contribution in [-0.4, -0.2) is 31.1 Å². The van der Waals surface area contributed by atoms with Crippen LogP contribution in [0.3, 0.4) is 0 Å². The number of carbonyl (C=O) groups is 2. The van der Waals surface area contributed by atoms with Gasteiger partial charge in [0.25, 0.3) is 0 Å². The van der Waals surface area contributed by atoms with E-state index in [2.05, 4.69) is 35.9 Å². The van der Waals surface area contributed by atoms with E-state index in [0.717, 1.165) is 12.2 Å². The smallest absolute Gasteiger partial charge is 0.327 e. The molecular formula is C14H20N2O3. The fraction of sp³-hybridized carbons (Fsp3) is 0.143. The summed E-state index contributed by atoms with van der Waals surface area (Å²) in [6.45, 7) is 6.05. The fourth-order valence-corrected chi connectivity index (χ4v) is 0.726. The number of carboxylic acids is 1. The van der Waals surface area contributed by atoms with Gasteiger partial charge in [0.15, 0.2) is 0 Å². The minimum atomic E-state index is -0.981. The first-order valence-electron chi connectivity index (χ1n) is 5.34. The summed E-state index contributed by atoms with van der Waals surface area (Å²) in [6, 6.07) is 10.3. The van der Waals surface area contributed by atoms with Crippen molar-refractivity contribution in [3.05, 3.63) is 55.6 Å². The molecule has 3 N–H and O–H groups in total. The zero-order valence-corrected chi connectivity index (χ0v) is 11.2. The van der Waals surface area contributed by atoms with Gasteiger partial charge in [-0.3, -0.25) is 4.79 Å². The van der Waals surface area contributed by atoms with Crippen molar-refractivity contribution in [2.45, 2.75) is 0 Å². The number of nitrogens with zero attached hydrogens (tertiary/aromatic N) is 1. The van der Waals surface area contributed by atoms with Crippen LogP contribution in [-0.2, 0) is 9.59 Å². The second kappa shape index (κ2) is 11.9. The van der Waals surface area contributed by atoms with Crippen LogP contribution in [0.2, 0.25) is 0 Å². The number of carboxylic acid groups (broad SMARTS) is 1. The number of aliphatic carboxylic acids is 1. The molecule has 1 rings (SSSR count). The Kier molecular flexibility index (Phi) is 11.8. The summed E-state index contributed by atoms with van der Waals surface area (Å²) in [6.07, 6.45) is 1.89. The molecule has 1 aromatic rings. The van der Waals surface area contributed by atoms with E-state index in [-0.39, 0.29) is 0 Å². The quantitative estimate of drug-likeness (QED) is 0.813. The van der Waals surface area contributed by atoms with Gasteiger partial charge in [0, 0.05) is 25.9 Å². The second-order valence-corrected chi connectivity index (χ2v) is 3.38. The van der Waals surface area contributed by atoms with E-state index in [4.69, 9.17) is 5.11 Å². The van der Waals surface area contributed by atoms with Gasteiger partial charge in [-0.1, -0.05) is 31.4 Å². The lowest BCUT2D eigenvalue weighted by atomic mass is 10.3. The molecule has 0 radical (unpaired) electrons. The molecule has 104 valence electrons. The van der Waals surface area contributed by atoms with Crippen LogP contribution in [0.4, 0.5) is 5.69 Å². The molecule has 0 saturated carbocycles. The molecule has 0 aliphatic carbocycles. The maximum absolute atomic E-state index is 9.47. The Morgan fingerprint density at radius 1 is 1.16 bits per heavy atom. The van der Waals surface area contributed by atoms with Crippen LogP contribution in [0.1, 0.15) is 0 Å². The number of para-hydroxylation sites is 1. The maximum Gasteiger partial charge on any atom is 0.327 e. The molecule has 19 heavy (non-hydrogen) atoms. The fourth-order valence-electron chi connectivity index (χ4n) is 0.726. The summed E-state index contributed by atoms with van der Waals surface area (Å²) >= 11 is 0. The lowest BCUT2D eigenvalue weighted by molar-refractivity contribution is -0.131. The molecule has 0 aliphatic rings. The van der Waals surface area contributed by atoms with E-state index in [1.165, 1.54) is 5.69 Å². The molecule has 0 unspecified atom stereocenters. The third-order valence-corrected chi connectivity index (χ3v) is 1.65. The van der Waals surface area contributed by atoms with Crippen molar-refractivity contribution in [3.8, 4) is 0 Å². The highest BCUT2D eigenvalue weighted by Gasteiger charge is 1.87. The van der Waals surface area contributed by atoms with Gasteiger partial charge in [-0.15, -0.1) is 0 Å². The predicted octanol–water partition coefficient (Wildman–Crippen LogP) is 1.67. The van der Waals surface area contributed by atoms with Gasteiger partial charge < -0.3 is 15.7 Å². The first-order valence-corrected chi connectivity index (χ1v) is 5.34. The lowest BCUT2D eigenvalue weighted by Gasteiger charge is -2.10. The number of hydrogen-bond donors (Lipinski definition) is 2. The van der Waals surface area contributed by atoms with Crippen LogP contribution in [0.15, 0.2) is 55.6 Å². The SMILES string of the molecule is C=CC(=O)O.C=CC(N)=O.CN(C)c1ccccc1. The van der Waals surface area contributed by atoms with Crippen LogP contribution in [0, 0.1) is 0 Å². The molecule has 0 bridgehead atoms. The van der Waals surface area contributed by atoms with Gasteiger partial charge in [-0.05, 0) is 18.2 Å². The molecule has 0 aromatic heterocycles. The number of nitrogens with two attached hydrogens (primary N) is 1. The van der Waals surface area contributed by atoms with Crippen molar-refractivity contribution >= 4 is 17.6 Å². The molecule has 0 heterocycles. The molecule has 0 saturated heterocycles. The van der Waals surface area contributed by atoms with Gasteiger partial charge in [-0.25, -0.2) is 4.79 Å². The van der Waals surface area contributed by atoms with Gasteiger partial charge in [0.05, 0.1) is 0 Å². The van der Waals surface area contributed by atoms with Crippen LogP contribution in [0.5, 0.6) is 0 Å². The highest BCUT2D eigenvalue weighted by molar-refractivity contribution is 5.84. The van der Waals surface area contributed by atoms with Crippen molar-refractivity contribution in [1.82, 2.24) is 0 Å². The summed E-state index contributed by atoms with van der Waals surface area (Å²) in [5, 5.41) is 7.60. The Morgan fingerprint density at radius 2 is 1.53 bits per heavy atom. The van der Waals surface area contributed by atoms with Gasteiger partial charge in [-0.2, -0.15) is 0 Å². The normalized spacial score (nSPS) is 7.68. The highest BCUT2D eigenvalue weighted by atomic mass is 16.4. The van der Waals surface area contributed by atoms with Crippen molar-refractivity contribution in [2.75, 3.05) is 19.0 Å². The van der Waals surface area contributed by atoms with Crippen molar-refractivity contribution in [2.24, 2.45) is 5.73 Å². The third-order valence-electron chi connectivity index (χ3n) is 1.65. The van der Waals surface area contributed by atoms with Crippen LogP contribution < -0.4 is 10.6 Å². The molecule has 0 atom stereocenters. The van der Waals surface area contributed by atoms with Crippen molar-refractivity contribution < 1.29 is 14.7 Å². The van der Waals surface area contributed by atoms with Gasteiger partial charge in [0.2, 0.25) is 5.91 Å². The number of hydrogen-bond acceptors (Lipinski definition) is 3. The highest BCUT2D eigenvalue weighted by Crippen LogP contribution is 2.07. The lowest BCUT2D eigenvalue weighted by Crippen LogP contribution is -2.07. The molecule has 5 heteroatoms. The Balaban J connectivity index is 0.